The predicted molar refractivity (Wildman–Crippen MR) is 158 cm³/mol. The van der Waals surface area contributed by atoms with Gasteiger partial charge in [0.2, 0.25) is 10.0 Å². The highest BCUT2D eigenvalue weighted by atomic mass is 32.2. The number of piperidine rings is 1. The summed E-state index contributed by atoms with van der Waals surface area (Å²) in [5.41, 5.74) is 3.89. The second kappa shape index (κ2) is 11.9. The lowest BCUT2D eigenvalue weighted by Crippen LogP contribution is -2.42. The number of hydrogen-bond acceptors (Lipinski definition) is 5. The molecule has 3 aromatic carbocycles. The fourth-order valence-electron chi connectivity index (χ4n) is 5.57. The molecule has 0 unspecified atom stereocenters. The van der Waals surface area contributed by atoms with Crippen LogP contribution in [0, 0.1) is 5.92 Å². The molecule has 2 N–H and O–H groups in total. The minimum absolute atomic E-state index is 0.00705. The molecule has 2 aliphatic heterocycles. The van der Waals surface area contributed by atoms with Crippen LogP contribution in [0.25, 0.3) is 11.1 Å². The van der Waals surface area contributed by atoms with Crippen LogP contribution in [0.3, 0.4) is 0 Å². The Bertz CT molecular complexity index is 1630. The van der Waals surface area contributed by atoms with E-state index >= 15 is 0 Å². The second-order valence-corrected chi connectivity index (χ2v) is 12.7. The molecule has 0 spiro atoms. The summed E-state index contributed by atoms with van der Waals surface area (Å²) in [6.07, 6.45) is -3.47. The number of anilines is 2. The van der Waals surface area contributed by atoms with Gasteiger partial charge in [-0.3, -0.25) is 14.3 Å². The van der Waals surface area contributed by atoms with Crippen molar-refractivity contribution < 1.29 is 36.3 Å². The molecule has 1 saturated heterocycles. The normalized spacial score (nSPS) is 16.2. The Hall–Kier alpha value is -4.06. The number of halogens is 3. The van der Waals surface area contributed by atoms with Gasteiger partial charge in [0.1, 0.15) is 5.75 Å². The molecule has 12 heteroatoms. The number of nitrogens with one attached hydrogen (secondary N) is 1. The number of phenolic OH excluding ortho intramolecular Hbond substituents is 1. The van der Waals surface area contributed by atoms with Crippen LogP contribution in [-0.4, -0.2) is 61.8 Å². The molecule has 2 amide bonds. The van der Waals surface area contributed by atoms with Crippen LogP contribution >= 0.6 is 0 Å². The average molecular weight is 616 g/mol. The van der Waals surface area contributed by atoms with E-state index in [-0.39, 0.29) is 54.9 Å². The zero-order valence-electron chi connectivity index (χ0n) is 23.5. The van der Waals surface area contributed by atoms with E-state index in [4.69, 9.17) is 0 Å². The fraction of sp³-hybridized carbons (Fsp3) is 0.355. The van der Waals surface area contributed by atoms with Crippen molar-refractivity contribution in [1.29, 1.82) is 0 Å². The van der Waals surface area contributed by atoms with Gasteiger partial charge >= 0.3 is 6.18 Å². The van der Waals surface area contributed by atoms with Gasteiger partial charge in [-0.2, -0.15) is 13.2 Å². The molecule has 2 aliphatic rings. The van der Waals surface area contributed by atoms with Crippen molar-refractivity contribution in [3.63, 3.8) is 0 Å². The van der Waals surface area contributed by atoms with Crippen LogP contribution in [-0.2, 0) is 16.4 Å². The molecule has 228 valence electrons. The zero-order valence-corrected chi connectivity index (χ0v) is 24.3. The van der Waals surface area contributed by atoms with Crippen molar-refractivity contribution >= 4 is 33.2 Å². The molecule has 8 nitrogen and oxygen atoms in total. The van der Waals surface area contributed by atoms with Gasteiger partial charge in [-0.15, -0.1) is 0 Å². The van der Waals surface area contributed by atoms with Crippen LogP contribution in [0.1, 0.15) is 52.5 Å². The third kappa shape index (κ3) is 6.64. The van der Waals surface area contributed by atoms with Crippen LogP contribution in [0.5, 0.6) is 5.75 Å². The van der Waals surface area contributed by atoms with Crippen molar-refractivity contribution in [3.05, 3.63) is 77.4 Å². The highest BCUT2D eigenvalue weighted by Gasteiger charge is 2.41. The van der Waals surface area contributed by atoms with Gasteiger partial charge in [0.05, 0.1) is 17.4 Å². The lowest BCUT2D eigenvalue weighted by Gasteiger charge is -2.33. The molecule has 0 aliphatic carbocycles. The van der Waals surface area contributed by atoms with E-state index in [0.29, 0.717) is 36.2 Å². The van der Waals surface area contributed by atoms with E-state index < -0.39 is 22.1 Å². The van der Waals surface area contributed by atoms with Gasteiger partial charge in [0.15, 0.2) is 0 Å². The van der Waals surface area contributed by atoms with Gasteiger partial charge in [-0.25, -0.2) is 8.42 Å². The molecule has 0 atom stereocenters. The first-order chi connectivity index (χ1) is 20.4. The van der Waals surface area contributed by atoms with E-state index in [1.165, 1.54) is 21.9 Å². The van der Waals surface area contributed by atoms with E-state index in [1.807, 2.05) is 6.07 Å². The first-order valence-corrected chi connectivity index (χ1v) is 15.8. The number of benzene rings is 3. The molecule has 1 fully saturated rings. The van der Waals surface area contributed by atoms with Crippen LogP contribution in [0.4, 0.5) is 24.5 Å². The topological polar surface area (TPSA) is 107 Å². The molecular formula is C31H32F3N3O5S. The summed E-state index contributed by atoms with van der Waals surface area (Å²) in [4.78, 5) is 29.3. The number of carbonyl (C=O) groups is 2. The largest absolute Gasteiger partial charge is 0.506 e. The van der Waals surface area contributed by atoms with Crippen molar-refractivity contribution in [2.75, 3.05) is 35.0 Å². The third-order valence-electron chi connectivity index (χ3n) is 7.93. The number of fused-ring (bicyclic) bond motifs is 1. The van der Waals surface area contributed by atoms with E-state index in [0.717, 1.165) is 16.7 Å². The van der Waals surface area contributed by atoms with Gasteiger partial charge in [0, 0.05) is 36.4 Å². The van der Waals surface area contributed by atoms with Crippen LogP contribution in [0.15, 0.2) is 60.7 Å². The summed E-state index contributed by atoms with van der Waals surface area (Å²) in [5, 5.41) is 10.2. The molecule has 43 heavy (non-hydrogen) atoms. The SMILES string of the molecule is CCCS(=O)(=O)Nc1cc(N2CCc3cc(-c4ccc(C(=O)N5CCC(C(F)(F)F)CC5)cc4)ccc3C2=O)ccc1O. The summed E-state index contributed by atoms with van der Waals surface area (Å²) in [6, 6.07) is 16.7. The van der Waals surface area contributed by atoms with Crippen molar-refractivity contribution in [3.8, 4) is 16.9 Å². The number of phenols is 1. The number of alkyl halides is 3. The monoisotopic (exact) mass is 615 g/mol. The number of amides is 2. The summed E-state index contributed by atoms with van der Waals surface area (Å²) < 4.78 is 65.7. The summed E-state index contributed by atoms with van der Waals surface area (Å²) in [6.45, 7) is 2.22. The molecule has 0 saturated carbocycles. The minimum Gasteiger partial charge on any atom is -0.506 e. The highest BCUT2D eigenvalue weighted by Crippen LogP contribution is 2.35. The summed E-state index contributed by atoms with van der Waals surface area (Å²) in [7, 11) is -3.64. The number of hydrogen-bond donors (Lipinski definition) is 2. The predicted octanol–water partition coefficient (Wildman–Crippen LogP) is 5.83. The number of sulfonamides is 1. The summed E-state index contributed by atoms with van der Waals surface area (Å²) >= 11 is 0. The van der Waals surface area contributed by atoms with Crippen molar-refractivity contribution in [2.24, 2.45) is 5.92 Å². The Labute approximate surface area is 248 Å². The lowest BCUT2D eigenvalue weighted by molar-refractivity contribution is -0.183. The maximum absolute atomic E-state index is 13.4. The Balaban J connectivity index is 1.28. The van der Waals surface area contributed by atoms with Gasteiger partial charge < -0.3 is 14.9 Å². The second-order valence-electron chi connectivity index (χ2n) is 10.9. The molecule has 0 radical (unpaired) electrons. The number of aromatic hydroxyl groups is 1. The zero-order chi connectivity index (χ0) is 30.9. The highest BCUT2D eigenvalue weighted by molar-refractivity contribution is 7.92. The standard InChI is InChI=1S/C31H32F3N3O5S/c1-2-17-43(41,42)35-27-19-25(8-10-28(27)38)37-16-11-23-18-22(7-9-26(23)30(37)40)20-3-5-21(6-4-20)29(39)36-14-12-24(13-15-36)31(32,33)34/h3-10,18-19,24,35,38H,2,11-17H2,1H3. The van der Waals surface area contributed by atoms with Crippen LogP contribution < -0.4 is 9.62 Å². The van der Waals surface area contributed by atoms with Gasteiger partial charge in [-0.05, 0) is 78.8 Å². The van der Waals surface area contributed by atoms with Gasteiger partial charge in [0.25, 0.3) is 11.8 Å². The first kappa shape index (κ1) is 30.4. The Kier molecular flexibility index (Phi) is 8.42. The van der Waals surface area contributed by atoms with Crippen LogP contribution in [0.2, 0.25) is 0 Å². The number of carbonyl (C=O) groups excluding carboxylic acids is 2. The lowest BCUT2D eigenvalue weighted by atomic mass is 9.93. The average Bonchev–Trinajstić information content (AvgIpc) is 2.97. The Morgan fingerprint density at radius 2 is 1.65 bits per heavy atom. The first-order valence-electron chi connectivity index (χ1n) is 14.1. The van der Waals surface area contributed by atoms with Crippen molar-refractivity contribution in [2.45, 2.75) is 38.8 Å². The Morgan fingerprint density at radius 1 is 0.977 bits per heavy atom. The molecule has 5 rings (SSSR count). The third-order valence-corrected chi connectivity index (χ3v) is 9.40. The maximum atomic E-state index is 13.4. The molecule has 0 bridgehead atoms. The number of rotatable bonds is 7. The maximum Gasteiger partial charge on any atom is 0.391 e. The number of nitrogens with zero attached hydrogens (tertiary/aromatic N) is 2. The van der Waals surface area contributed by atoms with E-state index in [2.05, 4.69) is 4.72 Å². The van der Waals surface area contributed by atoms with Crippen molar-refractivity contribution in [1.82, 2.24) is 4.90 Å². The molecular weight excluding hydrogens is 583 g/mol. The quantitative estimate of drug-likeness (QED) is 0.326. The smallest absolute Gasteiger partial charge is 0.391 e. The summed E-state index contributed by atoms with van der Waals surface area (Å²) in [5.74, 6) is -2.25. The van der Waals surface area contributed by atoms with E-state index in [9.17, 15) is 36.3 Å². The molecule has 0 aromatic heterocycles. The van der Waals surface area contributed by atoms with Gasteiger partial charge in [-0.1, -0.05) is 31.2 Å². The molecule has 3 aromatic rings. The number of likely N-dealkylation sites (tertiary alicyclic amines) is 1. The Morgan fingerprint density at radius 3 is 2.30 bits per heavy atom. The van der Waals surface area contributed by atoms with E-state index in [1.54, 1.807) is 49.4 Å². The fourth-order valence-corrected chi connectivity index (χ4v) is 6.71. The molecule has 2 heterocycles. The minimum atomic E-state index is -4.24.